The minimum Gasteiger partial charge on any atom is -0.375 e. The third-order valence-electron chi connectivity index (χ3n) is 2.53. The van der Waals surface area contributed by atoms with Crippen LogP contribution in [0.4, 0.5) is 0 Å². The molecule has 1 heteroatoms. The molecule has 0 radical (unpaired) electrons. The Hall–Kier alpha value is -0.300. The summed E-state index contributed by atoms with van der Waals surface area (Å²) in [5.74, 6) is 0.589. The van der Waals surface area contributed by atoms with Crippen LogP contribution in [0.2, 0.25) is 0 Å². The van der Waals surface area contributed by atoms with Gasteiger partial charge < -0.3 is 4.74 Å². The number of rotatable bonds is 1. The van der Waals surface area contributed by atoms with Gasteiger partial charge in [0.15, 0.2) is 0 Å². The average Bonchev–Trinajstić information content (AvgIpc) is 1.85. The van der Waals surface area contributed by atoms with E-state index in [1.54, 1.807) is 0 Å². The first-order chi connectivity index (χ1) is 5.11. The summed E-state index contributed by atoms with van der Waals surface area (Å²) in [6.07, 6.45) is 3.25. The third kappa shape index (κ3) is 2.06. The van der Waals surface area contributed by atoms with Gasteiger partial charge in [0.2, 0.25) is 0 Å². The van der Waals surface area contributed by atoms with Crippen molar-refractivity contribution < 1.29 is 4.74 Å². The molecule has 1 aliphatic heterocycles. The summed E-state index contributed by atoms with van der Waals surface area (Å²) < 4.78 is 5.70. The van der Waals surface area contributed by atoms with E-state index in [-0.39, 0.29) is 0 Å². The normalized spacial score (nSPS) is 38.6. The Balaban J connectivity index is 2.50. The summed E-state index contributed by atoms with van der Waals surface area (Å²) in [4.78, 5) is 0. The molecule has 0 N–H and O–H groups in total. The summed E-state index contributed by atoms with van der Waals surface area (Å²) in [7, 11) is 0. The maximum atomic E-state index is 5.70. The molecule has 1 nitrogen and oxygen atoms in total. The Bertz CT molecular complexity index is 151. The smallest absolute Gasteiger partial charge is 0.0615 e. The average molecular weight is 154 g/mol. The lowest BCUT2D eigenvalue weighted by molar-refractivity contribution is -0.0544. The lowest BCUT2D eigenvalue weighted by Crippen LogP contribution is -2.31. The quantitative estimate of drug-likeness (QED) is 0.528. The Labute approximate surface area is 69.4 Å². The molecule has 1 aliphatic rings. The first-order valence-electron chi connectivity index (χ1n) is 4.42. The van der Waals surface area contributed by atoms with Crippen molar-refractivity contribution in [2.45, 2.75) is 45.8 Å². The maximum absolute atomic E-state index is 5.70. The molecule has 0 amide bonds. The summed E-state index contributed by atoms with van der Waals surface area (Å²) in [5, 5.41) is 0. The molecule has 3 atom stereocenters. The predicted molar refractivity (Wildman–Crippen MR) is 47.5 cm³/mol. The molecule has 0 saturated carbocycles. The molecule has 1 rings (SSSR count). The zero-order chi connectivity index (χ0) is 8.43. The SMILES string of the molecule is C=C(C)[C@H]1CC[C@H](C)O[C@@H]1C. The van der Waals surface area contributed by atoms with Crippen molar-refractivity contribution in [2.75, 3.05) is 0 Å². The molecule has 0 aromatic carbocycles. The van der Waals surface area contributed by atoms with Crippen LogP contribution in [0.1, 0.15) is 33.6 Å². The minimum absolute atomic E-state index is 0.372. The summed E-state index contributed by atoms with van der Waals surface area (Å²) in [6, 6.07) is 0. The zero-order valence-corrected chi connectivity index (χ0v) is 7.76. The molecule has 0 spiro atoms. The van der Waals surface area contributed by atoms with Crippen molar-refractivity contribution >= 4 is 0 Å². The van der Waals surface area contributed by atoms with E-state index >= 15 is 0 Å². The van der Waals surface area contributed by atoms with Gasteiger partial charge in [-0.3, -0.25) is 0 Å². The molecule has 1 saturated heterocycles. The van der Waals surface area contributed by atoms with Crippen LogP contribution < -0.4 is 0 Å². The van der Waals surface area contributed by atoms with Crippen molar-refractivity contribution in [1.29, 1.82) is 0 Å². The standard InChI is InChI=1S/C10H18O/c1-7(2)10-6-5-8(3)11-9(10)4/h8-10H,1,5-6H2,2-4H3/t8-,9+,10+/m0/s1. The van der Waals surface area contributed by atoms with Gasteiger partial charge in [0.25, 0.3) is 0 Å². The summed E-state index contributed by atoms with van der Waals surface area (Å²) >= 11 is 0. The van der Waals surface area contributed by atoms with Crippen molar-refractivity contribution in [3.05, 3.63) is 12.2 Å². The fourth-order valence-electron chi connectivity index (χ4n) is 1.83. The third-order valence-corrected chi connectivity index (χ3v) is 2.53. The largest absolute Gasteiger partial charge is 0.375 e. The van der Waals surface area contributed by atoms with Gasteiger partial charge in [-0.25, -0.2) is 0 Å². The fourth-order valence-corrected chi connectivity index (χ4v) is 1.83. The van der Waals surface area contributed by atoms with Crippen LogP contribution in [0.5, 0.6) is 0 Å². The van der Waals surface area contributed by atoms with E-state index in [0.29, 0.717) is 18.1 Å². The van der Waals surface area contributed by atoms with E-state index < -0.39 is 0 Å². The van der Waals surface area contributed by atoms with Crippen molar-refractivity contribution in [3.63, 3.8) is 0 Å². The van der Waals surface area contributed by atoms with E-state index in [0.717, 1.165) is 0 Å². The highest BCUT2D eigenvalue weighted by Gasteiger charge is 2.25. The van der Waals surface area contributed by atoms with Gasteiger partial charge in [-0.1, -0.05) is 12.2 Å². The topological polar surface area (TPSA) is 9.23 Å². The van der Waals surface area contributed by atoms with E-state index in [1.807, 2.05) is 0 Å². The highest BCUT2D eigenvalue weighted by atomic mass is 16.5. The van der Waals surface area contributed by atoms with Gasteiger partial charge in [0.05, 0.1) is 12.2 Å². The summed E-state index contributed by atoms with van der Waals surface area (Å²) in [5.41, 5.74) is 1.27. The number of hydrogen-bond donors (Lipinski definition) is 0. The van der Waals surface area contributed by atoms with Crippen LogP contribution in [-0.2, 0) is 4.74 Å². The maximum Gasteiger partial charge on any atom is 0.0615 e. The van der Waals surface area contributed by atoms with Crippen LogP contribution in [0.25, 0.3) is 0 Å². The molecule has 64 valence electrons. The zero-order valence-electron chi connectivity index (χ0n) is 7.76. The van der Waals surface area contributed by atoms with Gasteiger partial charge in [0.1, 0.15) is 0 Å². The highest BCUT2D eigenvalue weighted by Crippen LogP contribution is 2.28. The Kier molecular flexibility index (Phi) is 2.72. The van der Waals surface area contributed by atoms with Crippen molar-refractivity contribution in [3.8, 4) is 0 Å². The lowest BCUT2D eigenvalue weighted by Gasteiger charge is -2.33. The summed E-state index contributed by atoms with van der Waals surface area (Å²) in [6.45, 7) is 10.4. The molecule has 11 heavy (non-hydrogen) atoms. The Morgan fingerprint density at radius 1 is 1.36 bits per heavy atom. The number of ether oxygens (including phenoxy) is 1. The molecular formula is C10H18O. The van der Waals surface area contributed by atoms with Crippen LogP contribution in [0.15, 0.2) is 12.2 Å². The molecule has 0 aromatic heterocycles. The van der Waals surface area contributed by atoms with E-state index in [2.05, 4.69) is 27.4 Å². The second-order valence-corrected chi connectivity index (χ2v) is 3.68. The highest BCUT2D eigenvalue weighted by molar-refractivity contribution is 5.00. The van der Waals surface area contributed by atoms with Gasteiger partial charge in [-0.15, -0.1) is 0 Å². The predicted octanol–water partition coefficient (Wildman–Crippen LogP) is 2.77. The minimum atomic E-state index is 0.372. The molecule has 1 fully saturated rings. The Morgan fingerprint density at radius 3 is 2.45 bits per heavy atom. The molecule has 1 heterocycles. The van der Waals surface area contributed by atoms with Gasteiger partial charge >= 0.3 is 0 Å². The molecular weight excluding hydrogens is 136 g/mol. The fraction of sp³-hybridized carbons (Fsp3) is 0.800. The van der Waals surface area contributed by atoms with E-state index in [4.69, 9.17) is 4.74 Å². The van der Waals surface area contributed by atoms with Crippen LogP contribution >= 0.6 is 0 Å². The second kappa shape index (κ2) is 3.40. The van der Waals surface area contributed by atoms with Crippen LogP contribution in [-0.4, -0.2) is 12.2 Å². The van der Waals surface area contributed by atoms with Crippen molar-refractivity contribution in [1.82, 2.24) is 0 Å². The first kappa shape index (κ1) is 8.79. The van der Waals surface area contributed by atoms with Crippen molar-refractivity contribution in [2.24, 2.45) is 5.92 Å². The van der Waals surface area contributed by atoms with Gasteiger partial charge in [-0.05, 0) is 33.6 Å². The lowest BCUT2D eigenvalue weighted by atomic mass is 9.88. The Morgan fingerprint density at radius 2 is 2.00 bits per heavy atom. The van der Waals surface area contributed by atoms with Crippen LogP contribution in [0, 0.1) is 5.92 Å². The van der Waals surface area contributed by atoms with E-state index in [1.165, 1.54) is 18.4 Å². The monoisotopic (exact) mass is 154 g/mol. The molecule has 0 aromatic rings. The molecule has 0 bridgehead atoms. The van der Waals surface area contributed by atoms with Gasteiger partial charge in [-0.2, -0.15) is 0 Å². The van der Waals surface area contributed by atoms with Crippen LogP contribution in [0.3, 0.4) is 0 Å². The number of hydrogen-bond acceptors (Lipinski definition) is 1. The second-order valence-electron chi connectivity index (χ2n) is 3.68. The van der Waals surface area contributed by atoms with E-state index in [9.17, 15) is 0 Å². The molecule has 0 aliphatic carbocycles. The first-order valence-corrected chi connectivity index (χ1v) is 4.42. The molecule has 0 unspecified atom stereocenters. The van der Waals surface area contributed by atoms with Gasteiger partial charge in [0, 0.05) is 5.92 Å².